The Morgan fingerprint density at radius 2 is 1.77 bits per heavy atom. The summed E-state index contributed by atoms with van der Waals surface area (Å²) in [6, 6.07) is 16.3. The van der Waals surface area contributed by atoms with Crippen molar-refractivity contribution >= 4 is 11.9 Å². The van der Waals surface area contributed by atoms with E-state index in [1.807, 2.05) is 42.5 Å². The molecule has 1 aliphatic heterocycles. The lowest BCUT2D eigenvalue weighted by molar-refractivity contribution is -0.899. The lowest BCUT2D eigenvalue weighted by Gasteiger charge is -2.15. The van der Waals surface area contributed by atoms with E-state index in [0.717, 1.165) is 5.56 Å². The summed E-state index contributed by atoms with van der Waals surface area (Å²) < 4.78 is 5.76. The molecule has 6 heteroatoms. The minimum absolute atomic E-state index is 0.0223. The molecule has 0 unspecified atom stereocenters. The van der Waals surface area contributed by atoms with Gasteiger partial charge in [-0.25, -0.2) is 0 Å². The normalized spacial score (nSPS) is 14.0. The van der Waals surface area contributed by atoms with Crippen molar-refractivity contribution in [2.45, 2.75) is 6.54 Å². The van der Waals surface area contributed by atoms with Crippen LogP contribution in [0.1, 0.15) is 21.5 Å². The highest BCUT2D eigenvalue weighted by atomic mass is 16.5. The maximum absolute atomic E-state index is 12.6. The number of ether oxygens (including phenoxy) is 1. The molecule has 0 aliphatic carbocycles. The lowest BCUT2D eigenvalue weighted by Crippen LogP contribution is -3.10. The molecule has 128 valence electrons. The van der Waals surface area contributed by atoms with Gasteiger partial charge in [-0.3, -0.25) is 4.79 Å². The molecule has 0 amide bonds. The first-order chi connectivity index (χ1) is 12.6. The van der Waals surface area contributed by atoms with Gasteiger partial charge < -0.3 is 14.7 Å². The number of Topliss-reactive ketones (excluding diaryl/α,β-unsaturated/α-hetero) is 1. The Kier molecular flexibility index (Phi) is 4.98. The van der Waals surface area contributed by atoms with Crippen molar-refractivity contribution in [1.29, 1.82) is 10.5 Å². The molecule has 0 bridgehead atoms. The summed E-state index contributed by atoms with van der Waals surface area (Å²) in [4.78, 5) is 13.3. The molecule has 0 spiro atoms. The summed E-state index contributed by atoms with van der Waals surface area (Å²) in [7, 11) is 0. The number of hydrogen-bond acceptors (Lipinski definition) is 5. The molecule has 2 aromatic carbocycles. The SMILES string of the molecule is N#CC[NH+](CC#N)Cc1c(O)ccc2c1O/C(=C/c1ccccc1)C2=O. The van der Waals surface area contributed by atoms with E-state index in [1.54, 1.807) is 6.08 Å². The zero-order valence-electron chi connectivity index (χ0n) is 13.9. The van der Waals surface area contributed by atoms with Crippen LogP contribution in [0.5, 0.6) is 11.5 Å². The highest BCUT2D eigenvalue weighted by Gasteiger charge is 2.32. The van der Waals surface area contributed by atoms with Crippen molar-refractivity contribution < 1.29 is 19.5 Å². The topological polar surface area (TPSA) is 98.6 Å². The molecular formula is C20H16N3O3+. The fraction of sp³-hybridized carbons (Fsp3) is 0.150. The minimum Gasteiger partial charge on any atom is -0.507 e. The molecule has 26 heavy (non-hydrogen) atoms. The lowest BCUT2D eigenvalue weighted by atomic mass is 10.0. The Balaban J connectivity index is 1.96. The molecule has 1 heterocycles. The first-order valence-electron chi connectivity index (χ1n) is 8.05. The fourth-order valence-electron chi connectivity index (χ4n) is 2.83. The standard InChI is InChI=1S/C20H15N3O3/c21-8-10-23(11-9-22)13-16-17(24)7-6-15-19(25)18(26-20(15)16)12-14-4-2-1-3-5-14/h1-7,12,24H,10-11,13H2/p+1/b18-12+. The van der Waals surface area contributed by atoms with E-state index < -0.39 is 0 Å². The smallest absolute Gasteiger partial charge is 0.231 e. The van der Waals surface area contributed by atoms with Crippen LogP contribution in [0.25, 0.3) is 6.08 Å². The average Bonchev–Trinajstić information content (AvgIpc) is 2.95. The molecule has 0 radical (unpaired) electrons. The number of rotatable bonds is 5. The summed E-state index contributed by atoms with van der Waals surface area (Å²) in [5.41, 5.74) is 1.62. The summed E-state index contributed by atoms with van der Waals surface area (Å²) in [5.74, 6) is 0.198. The van der Waals surface area contributed by atoms with Crippen LogP contribution in [0, 0.1) is 22.7 Å². The van der Waals surface area contributed by atoms with E-state index in [1.165, 1.54) is 12.1 Å². The quantitative estimate of drug-likeness (QED) is 0.630. The van der Waals surface area contributed by atoms with E-state index >= 15 is 0 Å². The Morgan fingerprint density at radius 3 is 2.42 bits per heavy atom. The van der Waals surface area contributed by atoms with Crippen molar-refractivity contribution in [2.75, 3.05) is 13.1 Å². The van der Waals surface area contributed by atoms with Crippen LogP contribution < -0.4 is 9.64 Å². The molecule has 2 N–H and O–H groups in total. The van der Waals surface area contributed by atoms with Gasteiger partial charge >= 0.3 is 0 Å². The molecule has 0 saturated carbocycles. The van der Waals surface area contributed by atoms with Crippen LogP contribution >= 0.6 is 0 Å². The van der Waals surface area contributed by atoms with Crippen molar-refractivity contribution in [2.24, 2.45) is 0 Å². The van der Waals surface area contributed by atoms with Gasteiger partial charge in [-0.15, -0.1) is 0 Å². The van der Waals surface area contributed by atoms with Crippen LogP contribution in [-0.4, -0.2) is 24.0 Å². The number of hydrogen-bond donors (Lipinski definition) is 2. The number of phenols is 1. The largest absolute Gasteiger partial charge is 0.507 e. The fourth-order valence-corrected chi connectivity index (χ4v) is 2.83. The number of carbonyl (C=O) groups excluding carboxylic acids is 1. The predicted octanol–water partition coefficient (Wildman–Crippen LogP) is 1.44. The Hall–Kier alpha value is -3.61. The third-order valence-electron chi connectivity index (χ3n) is 4.10. The number of carbonyl (C=O) groups is 1. The van der Waals surface area contributed by atoms with Crippen LogP contribution in [0.3, 0.4) is 0 Å². The van der Waals surface area contributed by atoms with Gasteiger partial charge in [0.15, 0.2) is 24.6 Å². The summed E-state index contributed by atoms with van der Waals surface area (Å²) >= 11 is 0. The molecule has 2 aromatic rings. The second kappa shape index (κ2) is 7.52. The maximum Gasteiger partial charge on any atom is 0.231 e. The summed E-state index contributed by atoms with van der Waals surface area (Å²) in [6.07, 6.45) is 1.65. The number of ketones is 1. The van der Waals surface area contributed by atoms with E-state index in [4.69, 9.17) is 15.3 Å². The van der Waals surface area contributed by atoms with Crippen LogP contribution in [0.2, 0.25) is 0 Å². The van der Waals surface area contributed by atoms with Gasteiger partial charge in [0, 0.05) is 0 Å². The number of nitrogens with one attached hydrogen (secondary N) is 1. The molecule has 0 fully saturated rings. The second-order valence-corrected chi connectivity index (χ2v) is 5.89. The highest BCUT2D eigenvalue weighted by Crippen LogP contribution is 2.39. The number of fused-ring (bicyclic) bond motifs is 1. The monoisotopic (exact) mass is 346 g/mol. The number of allylic oxidation sites excluding steroid dienone is 1. The number of nitriles is 2. The Morgan fingerprint density at radius 1 is 1.08 bits per heavy atom. The van der Waals surface area contributed by atoms with Crippen molar-refractivity contribution in [1.82, 2.24) is 0 Å². The van der Waals surface area contributed by atoms with Crippen LogP contribution in [0.4, 0.5) is 0 Å². The molecule has 0 atom stereocenters. The van der Waals surface area contributed by atoms with Gasteiger partial charge in [0.2, 0.25) is 5.78 Å². The van der Waals surface area contributed by atoms with Gasteiger partial charge in [0.1, 0.15) is 24.4 Å². The van der Waals surface area contributed by atoms with Crippen molar-refractivity contribution in [3.63, 3.8) is 0 Å². The second-order valence-electron chi connectivity index (χ2n) is 5.89. The van der Waals surface area contributed by atoms with E-state index in [-0.39, 0.29) is 36.9 Å². The summed E-state index contributed by atoms with van der Waals surface area (Å²) in [5, 5.41) is 28.1. The molecule has 0 aromatic heterocycles. The molecule has 3 rings (SSSR count). The van der Waals surface area contributed by atoms with Crippen LogP contribution in [0.15, 0.2) is 48.2 Å². The Bertz CT molecular complexity index is 937. The van der Waals surface area contributed by atoms with Crippen molar-refractivity contribution in [3.8, 4) is 23.6 Å². The summed E-state index contributed by atoms with van der Waals surface area (Å²) in [6.45, 7) is 0.427. The number of quaternary nitrogens is 1. The van der Waals surface area contributed by atoms with Gasteiger partial charge in [-0.2, -0.15) is 10.5 Å². The molecule has 1 aliphatic rings. The Labute approximate surface area is 150 Å². The minimum atomic E-state index is -0.257. The molecular weight excluding hydrogens is 330 g/mol. The first kappa shape index (κ1) is 17.2. The highest BCUT2D eigenvalue weighted by molar-refractivity contribution is 6.14. The zero-order valence-corrected chi connectivity index (χ0v) is 13.9. The van der Waals surface area contributed by atoms with Crippen molar-refractivity contribution in [3.05, 3.63) is 64.9 Å². The third kappa shape index (κ3) is 3.41. The third-order valence-corrected chi connectivity index (χ3v) is 4.10. The number of phenolic OH excluding ortho intramolecular Hbond substituents is 1. The number of aromatic hydroxyl groups is 1. The molecule has 6 nitrogen and oxygen atoms in total. The van der Waals surface area contributed by atoms with E-state index in [2.05, 4.69) is 0 Å². The van der Waals surface area contributed by atoms with Crippen LogP contribution in [-0.2, 0) is 6.54 Å². The van der Waals surface area contributed by atoms with Gasteiger partial charge in [-0.05, 0) is 23.8 Å². The number of nitrogens with zero attached hydrogens (tertiary/aromatic N) is 2. The first-order valence-corrected chi connectivity index (χ1v) is 8.05. The van der Waals surface area contributed by atoms with Gasteiger partial charge in [0.05, 0.1) is 11.1 Å². The van der Waals surface area contributed by atoms with Gasteiger partial charge in [-0.1, -0.05) is 30.3 Å². The zero-order chi connectivity index (χ0) is 18.5. The van der Waals surface area contributed by atoms with E-state index in [0.29, 0.717) is 21.8 Å². The average molecular weight is 346 g/mol. The predicted molar refractivity (Wildman–Crippen MR) is 93.1 cm³/mol. The molecule has 0 saturated heterocycles. The maximum atomic E-state index is 12.6. The van der Waals surface area contributed by atoms with Gasteiger partial charge in [0.25, 0.3) is 0 Å². The van der Waals surface area contributed by atoms with E-state index in [9.17, 15) is 9.90 Å². The number of benzene rings is 2.